The molecule has 0 radical (unpaired) electrons. The Bertz CT molecular complexity index is 927. The predicted molar refractivity (Wildman–Crippen MR) is 100 cm³/mol. The van der Waals surface area contributed by atoms with E-state index >= 15 is 0 Å². The predicted octanol–water partition coefficient (Wildman–Crippen LogP) is 2.92. The molecule has 1 saturated heterocycles. The Kier molecular flexibility index (Phi) is 6.31. The van der Waals surface area contributed by atoms with Gasteiger partial charge < -0.3 is 15.0 Å². The van der Waals surface area contributed by atoms with Crippen LogP contribution in [0.15, 0.2) is 35.3 Å². The summed E-state index contributed by atoms with van der Waals surface area (Å²) in [5, 5.41) is 8.69. The Morgan fingerprint density at radius 2 is 2.03 bits per heavy atom. The Hall–Kier alpha value is -2.75. The zero-order chi connectivity index (χ0) is 21.0. The highest BCUT2D eigenvalue weighted by Gasteiger charge is 2.32. The molecule has 0 bridgehead atoms. The van der Waals surface area contributed by atoms with E-state index in [2.05, 4.69) is 15.5 Å². The third-order valence-corrected chi connectivity index (χ3v) is 4.82. The quantitative estimate of drug-likeness (QED) is 0.761. The number of amides is 1. The van der Waals surface area contributed by atoms with Crippen LogP contribution in [0, 0.1) is 0 Å². The van der Waals surface area contributed by atoms with Crippen molar-refractivity contribution in [1.29, 1.82) is 0 Å². The molecule has 0 saturated carbocycles. The molecule has 0 spiro atoms. The summed E-state index contributed by atoms with van der Waals surface area (Å²) in [6.45, 7) is 0.709. The van der Waals surface area contributed by atoms with Crippen LogP contribution in [0.2, 0.25) is 5.02 Å². The van der Waals surface area contributed by atoms with Gasteiger partial charge in [-0.2, -0.15) is 18.3 Å². The number of hydrogen-bond donors (Lipinski definition) is 2. The fourth-order valence-electron chi connectivity index (χ4n) is 2.94. The van der Waals surface area contributed by atoms with Gasteiger partial charge in [-0.15, -0.1) is 0 Å². The number of aromatic nitrogens is 2. The largest absolute Gasteiger partial charge is 0.489 e. The van der Waals surface area contributed by atoms with E-state index in [0.717, 1.165) is 18.2 Å². The zero-order valence-corrected chi connectivity index (χ0v) is 15.9. The highest BCUT2D eigenvalue weighted by atomic mass is 35.5. The maximum Gasteiger partial charge on any atom is 0.416 e. The number of nitrogens with one attached hydrogen (secondary N) is 2. The average Bonchev–Trinajstić information content (AvgIpc) is 2.68. The first-order chi connectivity index (χ1) is 13.7. The van der Waals surface area contributed by atoms with Crippen molar-refractivity contribution in [3.8, 4) is 5.75 Å². The minimum absolute atomic E-state index is 0.0233. The minimum atomic E-state index is -4.48. The SMILES string of the molecule is O=C(CNc1ccn[nH]c1=O)N1CCC(Oc2cc(C(F)(F)F)ccc2Cl)CC1. The van der Waals surface area contributed by atoms with E-state index < -0.39 is 17.3 Å². The van der Waals surface area contributed by atoms with Crippen LogP contribution in [-0.2, 0) is 11.0 Å². The second-order valence-corrected chi connectivity index (χ2v) is 6.90. The van der Waals surface area contributed by atoms with E-state index in [1.165, 1.54) is 12.3 Å². The zero-order valence-electron chi connectivity index (χ0n) is 15.1. The van der Waals surface area contributed by atoms with Crippen LogP contribution < -0.4 is 15.6 Å². The summed E-state index contributed by atoms with van der Waals surface area (Å²) in [6, 6.07) is 4.41. The van der Waals surface area contributed by atoms with Gasteiger partial charge in [-0.1, -0.05) is 11.6 Å². The maximum absolute atomic E-state index is 12.9. The monoisotopic (exact) mass is 430 g/mol. The van der Waals surface area contributed by atoms with Gasteiger partial charge in [0.05, 0.1) is 17.1 Å². The van der Waals surface area contributed by atoms with Gasteiger partial charge in [-0.3, -0.25) is 9.59 Å². The number of anilines is 1. The van der Waals surface area contributed by atoms with Crippen LogP contribution in [0.4, 0.5) is 18.9 Å². The third-order valence-electron chi connectivity index (χ3n) is 4.50. The van der Waals surface area contributed by atoms with Crippen molar-refractivity contribution >= 4 is 23.2 Å². The molecule has 0 atom stereocenters. The van der Waals surface area contributed by atoms with Gasteiger partial charge in [0.2, 0.25) is 5.91 Å². The number of alkyl halides is 3. The summed E-state index contributed by atoms with van der Waals surface area (Å²) in [5.74, 6) is -0.221. The summed E-state index contributed by atoms with van der Waals surface area (Å²) < 4.78 is 44.3. The van der Waals surface area contributed by atoms with Gasteiger partial charge in [-0.05, 0) is 24.3 Å². The fourth-order valence-corrected chi connectivity index (χ4v) is 3.10. The standard InChI is InChI=1S/C18H18ClF3N4O3/c19-13-2-1-11(18(20,21)22)9-15(13)29-12-4-7-26(8-5-12)16(27)10-23-14-3-6-24-25-17(14)28/h1-3,6,9,12H,4-5,7-8,10H2,(H,23,24)(H,25,28). The third kappa shape index (κ3) is 5.41. The normalized spacial score (nSPS) is 15.2. The number of rotatable bonds is 5. The van der Waals surface area contributed by atoms with Gasteiger partial charge in [0.15, 0.2) is 0 Å². The number of likely N-dealkylation sites (tertiary alicyclic amines) is 1. The Morgan fingerprint density at radius 1 is 1.31 bits per heavy atom. The Morgan fingerprint density at radius 3 is 2.69 bits per heavy atom. The number of ether oxygens (including phenoxy) is 1. The first-order valence-electron chi connectivity index (χ1n) is 8.83. The van der Waals surface area contributed by atoms with Crippen molar-refractivity contribution in [2.45, 2.75) is 25.1 Å². The minimum Gasteiger partial charge on any atom is -0.489 e. The molecule has 1 aliphatic rings. The molecule has 0 unspecified atom stereocenters. The number of benzene rings is 1. The van der Waals surface area contributed by atoms with Crippen LogP contribution >= 0.6 is 11.6 Å². The highest BCUT2D eigenvalue weighted by Crippen LogP contribution is 2.35. The number of H-pyrrole nitrogens is 1. The number of aromatic amines is 1. The van der Waals surface area contributed by atoms with Crippen molar-refractivity contribution < 1.29 is 22.7 Å². The summed E-state index contributed by atoms with van der Waals surface area (Å²) in [5.41, 5.74) is -1.02. The van der Waals surface area contributed by atoms with Gasteiger partial charge in [-0.25, -0.2) is 5.10 Å². The summed E-state index contributed by atoms with van der Waals surface area (Å²) in [6.07, 6.45) is -2.53. The Balaban J connectivity index is 1.52. The van der Waals surface area contributed by atoms with Gasteiger partial charge in [0.25, 0.3) is 5.56 Å². The molecule has 11 heteroatoms. The molecular formula is C18H18ClF3N4O3. The molecule has 1 aromatic heterocycles. The first-order valence-corrected chi connectivity index (χ1v) is 9.20. The number of carbonyl (C=O) groups excluding carboxylic acids is 1. The van der Waals surface area contributed by atoms with E-state index in [1.54, 1.807) is 4.90 Å². The smallest absolute Gasteiger partial charge is 0.416 e. The van der Waals surface area contributed by atoms with Crippen molar-refractivity contribution in [1.82, 2.24) is 15.1 Å². The first kappa shape index (κ1) is 21.0. The molecule has 29 heavy (non-hydrogen) atoms. The lowest BCUT2D eigenvalue weighted by molar-refractivity contribution is -0.138. The molecule has 2 N–H and O–H groups in total. The van der Waals surface area contributed by atoms with Gasteiger partial charge >= 0.3 is 6.18 Å². The van der Waals surface area contributed by atoms with Crippen LogP contribution in [-0.4, -0.2) is 46.7 Å². The van der Waals surface area contributed by atoms with Crippen molar-refractivity contribution in [3.05, 3.63) is 51.4 Å². The van der Waals surface area contributed by atoms with E-state index in [1.807, 2.05) is 0 Å². The lowest BCUT2D eigenvalue weighted by Crippen LogP contribution is -2.44. The van der Waals surface area contributed by atoms with Crippen LogP contribution in [0.3, 0.4) is 0 Å². The lowest BCUT2D eigenvalue weighted by atomic mass is 10.1. The number of halogens is 4. The number of nitrogens with zero attached hydrogens (tertiary/aromatic N) is 2. The molecule has 3 rings (SSSR count). The second kappa shape index (κ2) is 8.73. The molecular weight excluding hydrogens is 413 g/mol. The van der Waals surface area contributed by atoms with Gasteiger partial charge in [0.1, 0.15) is 17.5 Å². The maximum atomic E-state index is 12.9. The summed E-state index contributed by atoms with van der Waals surface area (Å²) >= 11 is 5.96. The van der Waals surface area contributed by atoms with Crippen molar-refractivity contribution in [2.75, 3.05) is 25.0 Å². The number of hydrogen-bond acceptors (Lipinski definition) is 5. The van der Waals surface area contributed by atoms with E-state index in [0.29, 0.717) is 25.9 Å². The summed E-state index contributed by atoms with van der Waals surface area (Å²) in [7, 11) is 0. The van der Waals surface area contributed by atoms with Gasteiger partial charge in [0, 0.05) is 32.1 Å². The lowest BCUT2D eigenvalue weighted by Gasteiger charge is -2.32. The van der Waals surface area contributed by atoms with E-state index in [-0.39, 0.29) is 35.0 Å². The van der Waals surface area contributed by atoms with Crippen LogP contribution in [0.25, 0.3) is 0 Å². The topological polar surface area (TPSA) is 87.3 Å². The molecule has 1 fully saturated rings. The Labute approximate surface area is 168 Å². The van der Waals surface area contributed by atoms with Crippen molar-refractivity contribution in [2.24, 2.45) is 0 Å². The molecule has 2 heterocycles. The fraction of sp³-hybridized carbons (Fsp3) is 0.389. The molecule has 1 amide bonds. The molecule has 1 aliphatic heterocycles. The van der Waals surface area contributed by atoms with E-state index in [9.17, 15) is 22.8 Å². The average molecular weight is 431 g/mol. The van der Waals surface area contributed by atoms with Crippen LogP contribution in [0.1, 0.15) is 18.4 Å². The van der Waals surface area contributed by atoms with Crippen LogP contribution in [0.5, 0.6) is 5.75 Å². The second-order valence-electron chi connectivity index (χ2n) is 6.49. The molecule has 156 valence electrons. The number of piperidine rings is 1. The molecule has 1 aromatic carbocycles. The molecule has 0 aliphatic carbocycles. The number of carbonyl (C=O) groups is 1. The summed E-state index contributed by atoms with van der Waals surface area (Å²) in [4.78, 5) is 25.4. The molecule has 2 aromatic rings. The van der Waals surface area contributed by atoms with Crippen molar-refractivity contribution in [3.63, 3.8) is 0 Å². The van der Waals surface area contributed by atoms with E-state index in [4.69, 9.17) is 16.3 Å². The molecule has 7 nitrogen and oxygen atoms in total. The highest BCUT2D eigenvalue weighted by molar-refractivity contribution is 6.32.